The third kappa shape index (κ3) is 3.51. The average Bonchev–Trinajstić information content (AvgIpc) is 3.15. The van der Waals surface area contributed by atoms with E-state index in [4.69, 9.17) is 4.43 Å². The average molecular weight is 351 g/mol. The van der Waals surface area contributed by atoms with Crippen molar-refractivity contribution < 1.29 is 4.43 Å². The Hall–Kier alpha value is -1.64. The van der Waals surface area contributed by atoms with Gasteiger partial charge in [-0.25, -0.2) is 0 Å². The molecule has 2 heteroatoms. The van der Waals surface area contributed by atoms with Crippen LogP contribution in [0.4, 0.5) is 0 Å². The first kappa shape index (κ1) is 18.2. The topological polar surface area (TPSA) is 9.23 Å². The van der Waals surface area contributed by atoms with Crippen molar-refractivity contribution in [1.82, 2.24) is 0 Å². The zero-order chi connectivity index (χ0) is 17.9. The molecule has 0 saturated heterocycles. The van der Waals surface area contributed by atoms with Crippen LogP contribution in [-0.4, -0.2) is 14.4 Å². The maximum absolute atomic E-state index is 7.15. The fourth-order valence-electron chi connectivity index (χ4n) is 4.10. The molecule has 0 saturated carbocycles. The molecular weight excluding hydrogens is 320 g/mol. The summed E-state index contributed by atoms with van der Waals surface area (Å²) >= 11 is 0. The Bertz CT molecular complexity index is 660. The molecule has 0 spiro atoms. The minimum Gasteiger partial charge on any atom is -0.404 e. The van der Waals surface area contributed by atoms with Crippen LogP contribution in [0.25, 0.3) is 0 Å². The molecule has 0 heterocycles. The highest BCUT2D eigenvalue weighted by atomic mass is 28.4. The molecule has 3 rings (SSSR count). The maximum Gasteiger partial charge on any atom is 0.261 e. The van der Waals surface area contributed by atoms with Gasteiger partial charge in [0.25, 0.3) is 8.32 Å². The van der Waals surface area contributed by atoms with E-state index in [9.17, 15) is 0 Å². The van der Waals surface area contributed by atoms with Gasteiger partial charge < -0.3 is 4.43 Å². The summed E-state index contributed by atoms with van der Waals surface area (Å²) in [7, 11) is -2.41. The number of rotatable bonds is 5. The van der Waals surface area contributed by atoms with Crippen molar-refractivity contribution in [2.45, 2.75) is 51.7 Å². The van der Waals surface area contributed by atoms with E-state index >= 15 is 0 Å². The van der Waals surface area contributed by atoms with Crippen LogP contribution in [0, 0.1) is 5.92 Å². The summed E-state index contributed by atoms with van der Waals surface area (Å²) in [5.41, 5.74) is 0. The summed E-state index contributed by atoms with van der Waals surface area (Å²) in [6.07, 6.45) is 7.27. The van der Waals surface area contributed by atoms with Gasteiger partial charge in [0, 0.05) is 12.0 Å². The molecule has 0 aromatic heterocycles. The molecule has 25 heavy (non-hydrogen) atoms. The molecule has 1 nitrogen and oxygen atoms in total. The monoisotopic (exact) mass is 350 g/mol. The van der Waals surface area contributed by atoms with Gasteiger partial charge in [0.2, 0.25) is 0 Å². The van der Waals surface area contributed by atoms with Crippen molar-refractivity contribution in [3.05, 3.63) is 72.8 Å². The second-order valence-electron chi connectivity index (χ2n) is 8.16. The Kier molecular flexibility index (Phi) is 5.31. The molecule has 2 aromatic carbocycles. The Labute approximate surface area is 153 Å². The molecule has 2 aromatic rings. The van der Waals surface area contributed by atoms with Crippen molar-refractivity contribution >= 4 is 18.7 Å². The van der Waals surface area contributed by atoms with Gasteiger partial charge in [0.15, 0.2) is 0 Å². The van der Waals surface area contributed by atoms with Crippen LogP contribution in [0.3, 0.4) is 0 Å². The van der Waals surface area contributed by atoms with Gasteiger partial charge in [-0.1, -0.05) is 93.6 Å². The number of hydrogen-bond donors (Lipinski definition) is 0. The van der Waals surface area contributed by atoms with Gasteiger partial charge in [-0.05, 0) is 35.2 Å². The molecule has 0 fully saturated rings. The van der Waals surface area contributed by atoms with E-state index in [1.54, 1.807) is 0 Å². The summed E-state index contributed by atoms with van der Waals surface area (Å²) in [6, 6.07) is 21.8. The van der Waals surface area contributed by atoms with Crippen LogP contribution < -0.4 is 10.4 Å². The number of hydrogen-bond acceptors (Lipinski definition) is 1. The molecule has 0 radical (unpaired) electrons. The lowest BCUT2D eigenvalue weighted by molar-refractivity contribution is 0.161. The molecule has 0 aliphatic heterocycles. The van der Waals surface area contributed by atoms with Crippen molar-refractivity contribution in [3.63, 3.8) is 0 Å². The second kappa shape index (κ2) is 7.31. The minimum atomic E-state index is -2.41. The van der Waals surface area contributed by atoms with Crippen LogP contribution in [-0.2, 0) is 4.43 Å². The fourth-order valence-corrected chi connectivity index (χ4v) is 8.85. The SMILES string of the molecule is C[C@H](O[Si](c1ccccc1)(c1ccccc1)C(C)(C)C)[C@@H]1C=CCC1. The Morgan fingerprint density at radius 1 is 0.920 bits per heavy atom. The number of allylic oxidation sites excluding steroid dienone is 1. The Morgan fingerprint density at radius 2 is 1.44 bits per heavy atom. The third-order valence-corrected chi connectivity index (χ3v) is 10.6. The van der Waals surface area contributed by atoms with Gasteiger partial charge in [0.1, 0.15) is 0 Å². The zero-order valence-electron chi connectivity index (χ0n) is 15.9. The summed E-state index contributed by atoms with van der Waals surface area (Å²) in [6.45, 7) is 9.29. The van der Waals surface area contributed by atoms with Crippen LogP contribution in [0.5, 0.6) is 0 Å². The lowest BCUT2D eigenvalue weighted by Gasteiger charge is -2.45. The first-order valence-corrected chi connectivity index (χ1v) is 11.3. The Morgan fingerprint density at radius 3 is 1.84 bits per heavy atom. The molecule has 1 aliphatic carbocycles. The molecule has 132 valence electrons. The first-order chi connectivity index (χ1) is 11.9. The van der Waals surface area contributed by atoms with Crippen molar-refractivity contribution in [1.29, 1.82) is 0 Å². The van der Waals surface area contributed by atoms with Crippen LogP contribution >= 0.6 is 0 Å². The van der Waals surface area contributed by atoms with E-state index in [0.717, 1.165) is 0 Å². The number of benzene rings is 2. The normalized spacial score (nSPS) is 19.1. The molecular formula is C23H30OSi. The molecule has 0 unspecified atom stereocenters. The largest absolute Gasteiger partial charge is 0.404 e. The molecule has 2 atom stereocenters. The minimum absolute atomic E-state index is 0.0479. The molecule has 0 bridgehead atoms. The van der Waals surface area contributed by atoms with Gasteiger partial charge in [0.05, 0.1) is 0 Å². The summed E-state index contributed by atoms with van der Waals surface area (Å²) in [5, 5.41) is 2.77. The van der Waals surface area contributed by atoms with E-state index in [1.807, 2.05) is 0 Å². The summed E-state index contributed by atoms with van der Waals surface area (Å²) < 4.78 is 7.15. The Balaban J connectivity index is 2.13. The van der Waals surface area contributed by atoms with Crippen LogP contribution in [0.1, 0.15) is 40.5 Å². The van der Waals surface area contributed by atoms with Gasteiger partial charge >= 0.3 is 0 Å². The second-order valence-corrected chi connectivity index (χ2v) is 12.4. The highest BCUT2D eigenvalue weighted by molar-refractivity contribution is 6.99. The van der Waals surface area contributed by atoms with Gasteiger partial charge in [-0.15, -0.1) is 0 Å². The standard InChI is InChI=1S/C23H30OSi/c1-19(20-13-11-12-14-20)24-25(23(2,3)4,21-15-7-5-8-16-21)22-17-9-6-10-18-22/h5-11,13,15-20H,12,14H2,1-4H3/t19-,20+/m0/s1. The highest BCUT2D eigenvalue weighted by Gasteiger charge is 2.51. The predicted octanol–water partition coefficient (Wildman–Crippen LogP) is 4.92. The van der Waals surface area contributed by atoms with Crippen LogP contribution in [0.15, 0.2) is 72.8 Å². The zero-order valence-corrected chi connectivity index (χ0v) is 16.9. The molecule has 1 aliphatic rings. The van der Waals surface area contributed by atoms with Crippen molar-refractivity contribution in [2.24, 2.45) is 5.92 Å². The first-order valence-electron chi connectivity index (χ1n) is 9.41. The third-order valence-electron chi connectivity index (χ3n) is 5.43. The van der Waals surface area contributed by atoms with Crippen LogP contribution in [0.2, 0.25) is 5.04 Å². The van der Waals surface area contributed by atoms with Gasteiger partial charge in [-0.2, -0.15) is 0 Å². The van der Waals surface area contributed by atoms with Crippen molar-refractivity contribution in [2.75, 3.05) is 0 Å². The van der Waals surface area contributed by atoms with E-state index < -0.39 is 8.32 Å². The lowest BCUT2D eigenvalue weighted by atomic mass is 10.0. The maximum atomic E-state index is 7.15. The predicted molar refractivity (Wildman–Crippen MR) is 110 cm³/mol. The summed E-state index contributed by atoms with van der Waals surface area (Å²) in [4.78, 5) is 0. The summed E-state index contributed by atoms with van der Waals surface area (Å²) in [5.74, 6) is 0.529. The smallest absolute Gasteiger partial charge is 0.261 e. The van der Waals surface area contributed by atoms with E-state index in [1.165, 1.54) is 23.2 Å². The molecule has 0 amide bonds. The lowest BCUT2D eigenvalue weighted by Crippen LogP contribution is -2.67. The van der Waals surface area contributed by atoms with E-state index in [2.05, 4.69) is 101 Å². The van der Waals surface area contributed by atoms with Gasteiger partial charge in [-0.3, -0.25) is 0 Å². The fraction of sp³-hybridized carbons (Fsp3) is 0.391. The van der Waals surface area contributed by atoms with E-state index in [-0.39, 0.29) is 11.1 Å². The highest BCUT2D eigenvalue weighted by Crippen LogP contribution is 2.39. The van der Waals surface area contributed by atoms with Crippen molar-refractivity contribution in [3.8, 4) is 0 Å². The molecule has 0 N–H and O–H groups in total. The quantitative estimate of drug-likeness (QED) is 0.549. The van der Waals surface area contributed by atoms with E-state index in [0.29, 0.717) is 5.92 Å².